The SMILES string of the molecule is Fc1c(-c2cncc(CN3CCC(F)(F)C3)c2)ncc2[nH]nc(-c3nc4c(N5CCCCC5)ccnc4[nH]3)c12. The maximum atomic E-state index is 16.1. The maximum absolute atomic E-state index is 16.1. The van der Waals surface area contributed by atoms with Gasteiger partial charge in [-0.15, -0.1) is 0 Å². The lowest BCUT2D eigenvalue weighted by Crippen LogP contribution is -2.29. The van der Waals surface area contributed by atoms with Crippen LogP contribution in [-0.4, -0.2) is 72.1 Å². The first-order chi connectivity index (χ1) is 18.9. The first kappa shape index (κ1) is 24.0. The quantitative estimate of drug-likeness (QED) is 0.330. The van der Waals surface area contributed by atoms with Crippen molar-refractivity contribution in [2.45, 2.75) is 38.2 Å². The zero-order valence-electron chi connectivity index (χ0n) is 21.1. The molecule has 200 valence electrons. The number of hydrogen-bond acceptors (Lipinski definition) is 7. The number of piperidine rings is 1. The second-order valence-electron chi connectivity index (χ2n) is 10.3. The molecule has 5 aromatic heterocycles. The Hall–Kier alpha value is -4.06. The molecule has 7 heterocycles. The number of alkyl halides is 2. The van der Waals surface area contributed by atoms with Crippen LogP contribution in [0.4, 0.5) is 18.9 Å². The average molecular weight is 534 g/mol. The number of pyridine rings is 3. The Kier molecular flexibility index (Phi) is 5.72. The molecule has 7 rings (SSSR count). The molecule has 2 N–H and O–H groups in total. The molecule has 9 nitrogen and oxygen atoms in total. The molecule has 2 aliphatic heterocycles. The van der Waals surface area contributed by atoms with Crippen LogP contribution >= 0.6 is 0 Å². The Balaban J connectivity index is 1.25. The fraction of sp³-hybridized carbons (Fsp3) is 0.370. The molecule has 0 spiro atoms. The molecule has 0 saturated carbocycles. The van der Waals surface area contributed by atoms with Gasteiger partial charge in [-0.1, -0.05) is 0 Å². The van der Waals surface area contributed by atoms with Crippen LogP contribution < -0.4 is 4.90 Å². The summed E-state index contributed by atoms with van der Waals surface area (Å²) in [6, 6.07) is 3.71. The fourth-order valence-corrected chi connectivity index (χ4v) is 5.65. The third kappa shape index (κ3) is 4.38. The number of aromatic amines is 2. The number of fused-ring (bicyclic) bond motifs is 2. The predicted molar refractivity (Wildman–Crippen MR) is 141 cm³/mol. The van der Waals surface area contributed by atoms with Crippen molar-refractivity contribution in [3.8, 4) is 22.8 Å². The maximum Gasteiger partial charge on any atom is 0.261 e. The molecule has 2 fully saturated rings. The molecule has 0 atom stereocenters. The Morgan fingerprint density at radius 2 is 1.87 bits per heavy atom. The molecule has 0 amide bonds. The number of anilines is 1. The second-order valence-corrected chi connectivity index (χ2v) is 10.3. The van der Waals surface area contributed by atoms with Crippen LogP contribution in [0.5, 0.6) is 0 Å². The van der Waals surface area contributed by atoms with E-state index in [1.54, 1.807) is 23.4 Å². The van der Waals surface area contributed by atoms with Gasteiger partial charge >= 0.3 is 0 Å². The van der Waals surface area contributed by atoms with Crippen LogP contribution in [0.15, 0.2) is 36.9 Å². The van der Waals surface area contributed by atoms with E-state index in [1.807, 2.05) is 6.07 Å². The number of likely N-dealkylation sites (tertiary alicyclic amines) is 1. The molecule has 0 aromatic carbocycles. The summed E-state index contributed by atoms with van der Waals surface area (Å²) in [5.41, 5.74) is 4.39. The molecule has 0 aliphatic carbocycles. The molecular formula is C27H26F3N9. The second kappa shape index (κ2) is 9.30. The first-order valence-electron chi connectivity index (χ1n) is 13.1. The van der Waals surface area contributed by atoms with E-state index in [0.29, 0.717) is 46.9 Å². The molecule has 2 aliphatic rings. The predicted octanol–water partition coefficient (Wildman–Crippen LogP) is 4.93. The van der Waals surface area contributed by atoms with E-state index in [-0.39, 0.29) is 24.0 Å². The van der Waals surface area contributed by atoms with E-state index >= 15 is 4.39 Å². The number of halogens is 3. The fourth-order valence-electron chi connectivity index (χ4n) is 5.65. The number of imidazole rings is 1. The van der Waals surface area contributed by atoms with Gasteiger partial charge in [-0.05, 0) is 37.0 Å². The molecule has 0 unspecified atom stereocenters. The standard InChI is InChI=1S/C27H26F3N9/c28-21-20-18(13-33-22(21)17-10-16(11-31-12-17)14-38-9-5-27(29,30)15-38)36-37-24(20)26-34-23-19(4-6-32-25(23)35-26)39-7-2-1-3-8-39/h4,6,10-13H,1-3,5,7-9,14-15H2,(H,36,37)(H,32,34,35). The highest BCUT2D eigenvalue weighted by Gasteiger charge is 2.38. The number of rotatable bonds is 5. The van der Waals surface area contributed by atoms with Crippen LogP contribution in [0.3, 0.4) is 0 Å². The lowest BCUT2D eigenvalue weighted by Gasteiger charge is -2.28. The van der Waals surface area contributed by atoms with Crippen molar-refractivity contribution >= 4 is 27.8 Å². The van der Waals surface area contributed by atoms with E-state index in [4.69, 9.17) is 4.98 Å². The monoisotopic (exact) mass is 533 g/mol. The van der Waals surface area contributed by atoms with Crippen molar-refractivity contribution in [1.29, 1.82) is 0 Å². The summed E-state index contributed by atoms with van der Waals surface area (Å²) in [6.07, 6.45) is 9.74. The molecule has 5 aromatic rings. The minimum atomic E-state index is -2.68. The molecular weight excluding hydrogens is 507 g/mol. The molecule has 39 heavy (non-hydrogen) atoms. The van der Waals surface area contributed by atoms with Gasteiger partial charge in [0.25, 0.3) is 5.92 Å². The summed E-state index contributed by atoms with van der Waals surface area (Å²) in [6.45, 7) is 2.25. The van der Waals surface area contributed by atoms with Gasteiger partial charge in [0.05, 0.1) is 29.3 Å². The van der Waals surface area contributed by atoms with Crippen LogP contribution in [0.25, 0.3) is 44.8 Å². The Morgan fingerprint density at radius 3 is 2.69 bits per heavy atom. The number of nitrogens with one attached hydrogen (secondary N) is 2. The van der Waals surface area contributed by atoms with Crippen molar-refractivity contribution in [3.63, 3.8) is 0 Å². The molecule has 0 bridgehead atoms. The van der Waals surface area contributed by atoms with Crippen molar-refractivity contribution in [1.82, 2.24) is 40.0 Å². The Morgan fingerprint density at radius 1 is 1.00 bits per heavy atom. The van der Waals surface area contributed by atoms with E-state index in [0.717, 1.165) is 37.1 Å². The summed E-state index contributed by atoms with van der Waals surface area (Å²) in [4.78, 5) is 25.0. The van der Waals surface area contributed by atoms with Crippen molar-refractivity contribution in [3.05, 3.63) is 48.3 Å². The van der Waals surface area contributed by atoms with Gasteiger partial charge in [0.1, 0.15) is 16.9 Å². The molecule has 0 radical (unpaired) electrons. The number of nitrogens with zero attached hydrogens (tertiary/aromatic N) is 7. The van der Waals surface area contributed by atoms with Crippen LogP contribution in [0.1, 0.15) is 31.2 Å². The average Bonchev–Trinajstić information content (AvgIpc) is 3.65. The summed E-state index contributed by atoms with van der Waals surface area (Å²) >= 11 is 0. The van der Waals surface area contributed by atoms with Crippen molar-refractivity contribution in [2.75, 3.05) is 31.1 Å². The summed E-state index contributed by atoms with van der Waals surface area (Å²) in [7, 11) is 0. The minimum absolute atomic E-state index is 0.106. The van der Waals surface area contributed by atoms with E-state index in [1.165, 1.54) is 18.8 Å². The smallest absolute Gasteiger partial charge is 0.261 e. The van der Waals surface area contributed by atoms with E-state index in [2.05, 4.69) is 35.0 Å². The topological polar surface area (TPSA) is 103 Å². The largest absolute Gasteiger partial charge is 0.370 e. The summed E-state index contributed by atoms with van der Waals surface area (Å²) in [5, 5.41) is 7.48. The lowest BCUT2D eigenvalue weighted by atomic mass is 10.1. The highest BCUT2D eigenvalue weighted by Crippen LogP contribution is 2.34. The van der Waals surface area contributed by atoms with Crippen LogP contribution in [0, 0.1) is 5.82 Å². The van der Waals surface area contributed by atoms with Crippen molar-refractivity contribution < 1.29 is 13.2 Å². The third-order valence-corrected chi connectivity index (χ3v) is 7.55. The van der Waals surface area contributed by atoms with Gasteiger partial charge in [-0.3, -0.25) is 20.0 Å². The van der Waals surface area contributed by atoms with Gasteiger partial charge in [0.15, 0.2) is 17.3 Å². The third-order valence-electron chi connectivity index (χ3n) is 7.55. The lowest BCUT2D eigenvalue weighted by molar-refractivity contribution is 0.0115. The number of H-pyrrole nitrogens is 2. The highest BCUT2D eigenvalue weighted by molar-refractivity contribution is 5.96. The zero-order chi connectivity index (χ0) is 26.6. The summed E-state index contributed by atoms with van der Waals surface area (Å²) in [5.74, 6) is -2.83. The van der Waals surface area contributed by atoms with Gasteiger partial charge in [0.2, 0.25) is 0 Å². The van der Waals surface area contributed by atoms with E-state index < -0.39 is 11.7 Å². The normalized spacial score (nSPS) is 18.0. The van der Waals surface area contributed by atoms with Gasteiger partial charge < -0.3 is 9.88 Å². The van der Waals surface area contributed by atoms with Gasteiger partial charge in [0, 0.05) is 56.8 Å². The number of aromatic nitrogens is 7. The highest BCUT2D eigenvalue weighted by atomic mass is 19.3. The molecule has 2 saturated heterocycles. The Bertz CT molecular complexity index is 1670. The van der Waals surface area contributed by atoms with E-state index in [9.17, 15) is 8.78 Å². The zero-order valence-corrected chi connectivity index (χ0v) is 21.1. The van der Waals surface area contributed by atoms with Gasteiger partial charge in [-0.25, -0.2) is 23.1 Å². The van der Waals surface area contributed by atoms with Crippen LogP contribution in [0.2, 0.25) is 0 Å². The first-order valence-corrected chi connectivity index (χ1v) is 13.1. The van der Waals surface area contributed by atoms with Gasteiger partial charge in [-0.2, -0.15) is 5.10 Å². The number of hydrogen-bond donors (Lipinski definition) is 2. The van der Waals surface area contributed by atoms with Crippen LogP contribution in [-0.2, 0) is 6.54 Å². The molecule has 12 heteroatoms. The minimum Gasteiger partial charge on any atom is -0.370 e. The van der Waals surface area contributed by atoms with Crippen molar-refractivity contribution in [2.24, 2.45) is 0 Å². The Labute approximate surface area is 221 Å². The summed E-state index contributed by atoms with van der Waals surface area (Å²) < 4.78 is 43.3.